The van der Waals surface area contributed by atoms with Gasteiger partial charge in [-0.1, -0.05) is 6.92 Å². The molecule has 0 spiro atoms. The molecular formula is C11H10Br2N2O3. The Bertz CT molecular complexity index is 517. The maximum Gasteiger partial charge on any atom is 0.329 e. The van der Waals surface area contributed by atoms with E-state index >= 15 is 0 Å². The molecule has 7 heteroatoms. The van der Waals surface area contributed by atoms with Gasteiger partial charge in [-0.2, -0.15) is 0 Å². The van der Waals surface area contributed by atoms with E-state index in [1.165, 1.54) is 11.0 Å². The number of rotatable bonds is 3. The van der Waals surface area contributed by atoms with Gasteiger partial charge in [0, 0.05) is 12.6 Å². The summed E-state index contributed by atoms with van der Waals surface area (Å²) in [5.41, 5.74) is 0.224. The molecule has 2 rings (SSSR count). The van der Waals surface area contributed by atoms with Crippen LogP contribution in [-0.4, -0.2) is 23.4 Å². The lowest BCUT2D eigenvalue weighted by molar-refractivity contribution is -0.122. The molecule has 18 heavy (non-hydrogen) atoms. The molecule has 0 atom stereocenters. The minimum atomic E-state index is -0.391. The maximum absolute atomic E-state index is 11.9. The number of carbonyl (C=O) groups excluding carboxylic acids is 2. The Morgan fingerprint density at radius 2 is 2.17 bits per heavy atom. The summed E-state index contributed by atoms with van der Waals surface area (Å²) in [7, 11) is 0. The SMILES string of the molecule is CCCN1C(=O)N/C(=C/c2cc(Br)c(Br)o2)C1=O. The van der Waals surface area contributed by atoms with Crippen LogP contribution in [0.5, 0.6) is 0 Å². The highest BCUT2D eigenvalue weighted by atomic mass is 79.9. The minimum Gasteiger partial charge on any atom is -0.449 e. The predicted molar refractivity (Wildman–Crippen MR) is 72.6 cm³/mol. The van der Waals surface area contributed by atoms with Gasteiger partial charge < -0.3 is 9.73 Å². The van der Waals surface area contributed by atoms with Crippen molar-refractivity contribution in [3.8, 4) is 0 Å². The monoisotopic (exact) mass is 376 g/mol. The number of hydrogen-bond donors (Lipinski definition) is 1. The highest BCUT2D eigenvalue weighted by Gasteiger charge is 2.32. The smallest absolute Gasteiger partial charge is 0.329 e. The number of hydrogen-bond acceptors (Lipinski definition) is 3. The summed E-state index contributed by atoms with van der Waals surface area (Å²) in [6, 6.07) is 1.32. The van der Waals surface area contributed by atoms with E-state index in [1.807, 2.05) is 6.92 Å². The molecule has 1 aliphatic rings. The van der Waals surface area contributed by atoms with Crippen LogP contribution < -0.4 is 5.32 Å². The summed E-state index contributed by atoms with van der Waals surface area (Å²) in [5.74, 6) is 0.154. The summed E-state index contributed by atoms with van der Waals surface area (Å²) >= 11 is 6.48. The largest absolute Gasteiger partial charge is 0.449 e. The van der Waals surface area contributed by atoms with Gasteiger partial charge in [0.15, 0.2) is 4.67 Å². The summed E-state index contributed by atoms with van der Waals surface area (Å²) in [5, 5.41) is 2.52. The van der Waals surface area contributed by atoms with E-state index in [4.69, 9.17) is 4.42 Å². The van der Waals surface area contributed by atoms with Crippen molar-refractivity contribution in [3.63, 3.8) is 0 Å². The number of imide groups is 1. The molecule has 1 saturated heterocycles. The Morgan fingerprint density at radius 1 is 1.44 bits per heavy atom. The van der Waals surface area contributed by atoms with Crippen LogP contribution in [0.15, 0.2) is 25.3 Å². The standard InChI is InChI=1S/C11H10Br2N2O3/c1-2-3-15-10(16)8(14-11(15)17)5-6-4-7(12)9(13)18-6/h4-5H,2-3H2,1H3,(H,14,17)/b8-5+. The normalized spacial score (nSPS) is 17.7. The third-order valence-electron chi connectivity index (χ3n) is 2.36. The number of amides is 3. The zero-order chi connectivity index (χ0) is 13.3. The first kappa shape index (κ1) is 13.4. The van der Waals surface area contributed by atoms with Crippen LogP contribution >= 0.6 is 31.9 Å². The van der Waals surface area contributed by atoms with E-state index < -0.39 is 6.03 Å². The Morgan fingerprint density at radius 3 is 2.72 bits per heavy atom. The van der Waals surface area contributed by atoms with Crippen molar-refractivity contribution in [1.29, 1.82) is 0 Å². The molecular weight excluding hydrogens is 368 g/mol. The van der Waals surface area contributed by atoms with Gasteiger partial charge in [-0.3, -0.25) is 9.69 Å². The molecule has 0 bridgehead atoms. The Kier molecular flexibility index (Phi) is 3.91. The average molecular weight is 378 g/mol. The van der Waals surface area contributed by atoms with Crippen LogP contribution in [0.4, 0.5) is 4.79 Å². The number of furan rings is 1. The first-order chi connectivity index (χ1) is 8.52. The summed E-state index contributed by atoms with van der Waals surface area (Å²) < 4.78 is 6.61. The van der Waals surface area contributed by atoms with Gasteiger partial charge in [0.05, 0.1) is 4.47 Å². The molecule has 2 heterocycles. The summed E-state index contributed by atoms with van der Waals surface area (Å²) in [4.78, 5) is 24.6. The molecule has 1 fully saturated rings. The van der Waals surface area contributed by atoms with Crippen molar-refractivity contribution in [2.24, 2.45) is 0 Å². The molecule has 0 saturated carbocycles. The Hall–Kier alpha value is -1.08. The topological polar surface area (TPSA) is 62.6 Å². The lowest BCUT2D eigenvalue weighted by atomic mass is 10.3. The molecule has 1 aromatic heterocycles. The Balaban J connectivity index is 2.24. The molecule has 1 aromatic rings. The van der Waals surface area contributed by atoms with E-state index in [-0.39, 0.29) is 11.6 Å². The van der Waals surface area contributed by atoms with Gasteiger partial charge in [0.1, 0.15) is 11.5 Å². The molecule has 0 aromatic carbocycles. The lowest BCUT2D eigenvalue weighted by Gasteiger charge is -2.08. The van der Waals surface area contributed by atoms with Crippen molar-refractivity contribution in [1.82, 2.24) is 10.2 Å². The number of carbonyl (C=O) groups is 2. The number of nitrogens with zero attached hydrogens (tertiary/aromatic N) is 1. The molecule has 3 amide bonds. The van der Waals surface area contributed by atoms with Gasteiger partial charge in [-0.15, -0.1) is 0 Å². The fourth-order valence-electron chi connectivity index (χ4n) is 1.58. The highest BCUT2D eigenvalue weighted by molar-refractivity contribution is 9.13. The van der Waals surface area contributed by atoms with E-state index in [1.54, 1.807) is 6.07 Å². The molecule has 0 aliphatic carbocycles. The zero-order valence-corrected chi connectivity index (χ0v) is 12.7. The van der Waals surface area contributed by atoms with Gasteiger partial charge >= 0.3 is 6.03 Å². The highest BCUT2D eigenvalue weighted by Crippen LogP contribution is 2.28. The molecule has 1 N–H and O–H groups in total. The minimum absolute atomic E-state index is 0.224. The lowest BCUT2D eigenvalue weighted by Crippen LogP contribution is -2.31. The fraction of sp³-hybridized carbons (Fsp3) is 0.273. The third-order valence-corrected chi connectivity index (χ3v) is 4.07. The zero-order valence-electron chi connectivity index (χ0n) is 9.50. The number of nitrogens with one attached hydrogen (secondary N) is 1. The predicted octanol–water partition coefficient (Wildman–Crippen LogP) is 3.11. The maximum atomic E-state index is 11.9. The van der Waals surface area contributed by atoms with E-state index in [2.05, 4.69) is 37.2 Å². The number of urea groups is 1. The van der Waals surface area contributed by atoms with E-state index in [0.29, 0.717) is 17.0 Å². The van der Waals surface area contributed by atoms with Crippen molar-refractivity contribution in [2.75, 3.05) is 6.54 Å². The van der Waals surface area contributed by atoms with Crippen LogP contribution in [0.3, 0.4) is 0 Å². The molecule has 0 unspecified atom stereocenters. The van der Waals surface area contributed by atoms with Crippen molar-refractivity contribution < 1.29 is 14.0 Å². The van der Waals surface area contributed by atoms with E-state index in [0.717, 1.165) is 10.9 Å². The average Bonchev–Trinajstić information content (AvgIpc) is 2.75. The van der Waals surface area contributed by atoms with Crippen LogP contribution in [0, 0.1) is 0 Å². The molecule has 1 aliphatic heterocycles. The second-order valence-electron chi connectivity index (χ2n) is 3.72. The van der Waals surface area contributed by atoms with Crippen LogP contribution in [-0.2, 0) is 4.79 Å². The van der Waals surface area contributed by atoms with Gasteiger partial charge in [0.2, 0.25) is 0 Å². The van der Waals surface area contributed by atoms with Crippen molar-refractivity contribution in [3.05, 3.63) is 26.7 Å². The quantitative estimate of drug-likeness (QED) is 0.650. The molecule has 96 valence electrons. The third kappa shape index (κ3) is 2.51. The van der Waals surface area contributed by atoms with Crippen molar-refractivity contribution in [2.45, 2.75) is 13.3 Å². The molecule has 0 radical (unpaired) electrons. The van der Waals surface area contributed by atoms with Crippen LogP contribution in [0.25, 0.3) is 6.08 Å². The summed E-state index contributed by atoms with van der Waals surface area (Å²) in [6.45, 7) is 2.32. The fourth-order valence-corrected chi connectivity index (χ4v) is 2.18. The first-order valence-electron chi connectivity index (χ1n) is 5.32. The van der Waals surface area contributed by atoms with Crippen molar-refractivity contribution >= 4 is 49.9 Å². The van der Waals surface area contributed by atoms with Gasteiger partial charge in [-0.05, 0) is 44.3 Å². The van der Waals surface area contributed by atoms with Crippen LogP contribution in [0.1, 0.15) is 19.1 Å². The Labute approximate surface area is 120 Å². The first-order valence-corrected chi connectivity index (χ1v) is 6.91. The van der Waals surface area contributed by atoms with Crippen LogP contribution in [0.2, 0.25) is 0 Å². The second-order valence-corrected chi connectivity index (χ2v) is 5.29. The summed E-state index contributed by atoms with van der Waals surface area (Å²) in [6.07, 6.45) is 2.23. The van der Waals surface area contributed by atoms with Gasteiger partial charge in [-0.25, -0.2) is 4.79 Å². The van der Waals surface area contributed by atoms with Gasteiger partial charge in [0.25, 0.3) is 5.91 Å². The second kappa shape index (κ2) is 5.27. The van der Waals surface area contributed by atoms with E-state index in [9.17, 15) is 9.59 Å². The number of halogens is 2. The molecule has 5 nitrogen and oxygen atoms in total.